The number of aryl methyl sites for hydroxylation is 1. The minimum atomic E-state index is -4.46. The summed E-state index contributed by atoms with van der Waals surface area (Å²) in [4.78, 5) is 17.8. The Bertz CT molecular complexity index is 1100. The van der Waals surface area contributed by atoms with E-state index in [9.17, 15) is 18.0 Å². The predicted octanol–water partition coefficient (Wildman–Crippen LogP) is 4.42. The number of ether oxygens (including phenoxy) is 2. The molecule has 13 heteroatoms. The van der Waals surface area contributed by atoms with Crippen LogP contribution in [0.2, 0.25) is 0 Å². The van der Waals surface area contributed by atoms with Crippen LogP contribution in [0.15, 0.2) is 47.8 Å². The molecule has 0 unspecified atom stereocenters. The van der Waals surface area contributed by atoms with Gasteiger partial charge < -0.3 is 14.4 Å². The summed E-state index contributed by atoms with van der Waals surface area (Å²) in [6, 6.07) is 8.24. The third kappa shape index (κ3) is 6.16. The summed E-state index contributed by atoms with van der Waals surface area (Å²) in [6.07, 6.45) is -2.46. The number of tetrazole rings is 1. The zero-order valence-electron chi connectivity index (χ0n) is 18.1. The van der Waals surface area contributed by atoms with Crippen molar-refractivity contribution in [3.8, 4) is 17.4 Å². The predicted molar refractivity (Wildman–Crippen MR) is 116 cm³/mol. The summed E-state index contributed by atoms with van der Waals surface area (Å²) in [6.45, 7) is 1.20. The number of nitrogens with zero attached hydrogens (tertiary/aromatic N) is 6. The molecular formula is C21H21F3N6O3S. The molecule has 3 heterocycles. The first-order valence-electron chi connectivity index (χ1n) is 10.4. The van der Waals surface area contributed by atoms with Gasteiger partial charge in [0.05, 0.1) is 5.56 Å². The van der Waals surface area contributed by atoms with Crippen molar-refractivity contribution in [1.82, 2.24) is 30.1 Å². The topological polar surface area (TPSA) is 95.3 Å². The minimum absolute atomic E-state index is 0.0224. The number of hydrogen-bond acceptors (Lipinski definition) is 8. The number of hydrogen-bond donors (Lipinski definition) is 0. The SMILES string of the molecule is Cn1nnnc1SCC1CCN(C(=O)Oc2ccc(Oc3ccc(C(F)(F)F)cn3)cc2)CC1. The number of alkyl halides is 3. The molecule has 9 nitrogen and oxygen atoms in total. The number of thioether (sulfide) groups is 1. The van der Waals surface area contributed by atoms with Crippen LogP contribution in [0, 0.1) is 5.92 Å². The normalized spacial score (nSPS) is 14.8. The zero-order valence-corrected chi connectivity index (χ0v) is 18.9. The quantitative estimate of drug-likeness (QED) is 0.465. The molecule has 180 valence electrons. The first-order valence-corrected chi connectivity index (χ1v) is 11.4. The minimum Gasteiger partial charge on any atom is -0.439 e. The Labute approximate surface area is 197 Å². The van der Waals surface area contributed by atoms with Crippen molar-refractivity contribution >= 4 is 17.9 Å². The smallest absolute Gasteiger partial charge is 0.417 e. The highest BCUT2D eigenvalue weighted by Gasteiger charge is 2.30. The summed E-state index contributed by atoms with van der Waals surface area (Å²) in [5.74, 6) is 2.05. The van der Waals surface area contributed by atoms with Gasteiger partial charge in [-0.1, -0.05) is 11.8 Å². The van der Waals surface area contributed by atoms with Gasteiger partial charge in [0.1, 0.15) is 11.5 Å². The van der Waals surface area contributed by atoms with Crippen molar-refractivity contribution in [2.45, 2.75) is 24.2 Å². The van der Waals surface area contributed by atoms with Crippen molar-refractivity contribution in [3.05, 3.63) is 48.2 Å². The van der Waals surface area contributed by atoms with Crippen LogP contribution in [-0.2, 0) is 13.2 Å². The van der Waals surface area contributed by atoms with Gasteiger partial charge in [-0.2, -0.15) is 13.2 Å². The number of amides is 1. The molecule has 0 atom stereocenters. The maximum absolute atomic E-state index is 12.6. The largest absolute Gasteiger partial charge is 0.439 e. The van der Waals surface area contributed by atoms with E-state index in [1.807, 2.05) is 0 Å². The fourth-order valence-corrected chi connectivity index (χ4v) is 4.32. The molecule has 1 fully saturated rings. The van der Waals surface area contributed by atoms with E-state index in [2.05, 4.69) is 20.5 Å². The van der Waals surface area contributed by atoms with Gasteiger partial charge in [0.25, 0.3) is 0 Å². The van der Waals surface area contributed by atoms with Gasteiger partial charge in [0.15, 0.2) is 0 Å². The molecular weight excluding hydrogens is 473 g/mol. The van der Waals surface area contributed by atoms with Gasteiger partial charge in [0.2, 0.25) is 11.0 Å². The van der Waals surface area contributed by atoms with E-state index in [1.165, 1.54) is 0 Å². The van der Waals surface area contributed by atoms with Gasteiger partial charge in [-0.15, -0.1) is 5.10 Å². The van der Waals surface area contributed by atoms with E-state index < -0.39 is 17.8 Å². The fourth-order valence-electron chi connectivity index (χ4n) is 3.29. The summed E-state index contributed by atoms with van der Waals surface area (Å²) >= 11 is 1.60. The lowest BCUT2D eigenvalue weighted by Gasteiger charge is -2.30. The number of carbonyl (C=O) groups excluding carboxylic acids is 1. The number of likely N-dealkylation sites (tertiary alicyclic amines) is 1. The molecule has 1 aromatic carbocycles. The second-order valence-electron chi connectivity index (χ2n) is 7.65. The molecule has 2 aromatic heterocycles. The number of aromatic nitrogens is 5. The molecule has 0 saturated carbocycles. The van der Waals surface area contributed by atoms with Gasteiger partial charge in [-0.25, -0.2) is 14.5 Å². The van der Waals surface area contributed by atoms with Crippen LogP contribution < -0.4 is 9.47 Å². The van der Waals surface area contributed by atoms with E-state index in [-0.39, 0.29) is 5.88 Å². The fraction of sp³-hybridized carbons (Fsp3) is 0.381. The summed E-state index contributed by atoms with van der Waals surface area (Å²) in [7, 11) is 1.80. The van der Waals surface area contributed by atoms with Gasteiger partial charge >= 0.3 is 12.3 Å². The molecule has 0 bridgehead atoms. The number of carbonyl (C=O) groups is 1. The summed E-state index contributed by atoms with van der Waals surface area (Å²) in [5, 5.41) is 12.2. The number of piperidine rings is 1. The molecule has 3 aromatic rings. The van der Waals surface area contributed by atoms with E-state index in [4.69, 9.17) is 9.47 Å². The van der Waals surface area contributed by atoms with Crippen molar-refractivity contribution in [2.75, 3.05) is 18.8 Å². The maximum atomic E-state index is 12.6. The first kappa shape index (κ1) is 23.8. The molecule has 0 radical (unpaired) electrons. The third-order valence-electron chi connectivity index (χ3n) is 5.22. The van der Waals surface area contributed by atoms with E-state index >= 15 is 0 Å². The van der Waals surface area contributed by atoms with Crippen LogP contribution in [0.5, 0.6) is 17.4 Å². The maximum Gasteiger partial charge on any atom is 0.417 e. The molecule has 34 heavy (non-hydrogen) atoms. The average Bonchev–Trinajstić information content (AvgIpc) is 3.23. The molecule has 0 N–H and O–H groups in total. The Morgan fingerprint density at radius 3 is 2.41 bits per heavy atom. The Morgan fingerprint density at radius 2 is 1.82 bits per heavy atom. The molecule has 4 rings (SSSR count). The van der Waals surface area contributed by atoms with E-state index in [1.54, 1.807) is 52.7 Å². The Morgan fingerprint density at radius 1 is 1.12 bits per heavy atom. The molecule has 1 amide bonds. The van der Waals surface area contributed by atoms with Gasteiger partial charge in [-0.3, -0.25) is 0 Å². The molecule has 1 aliphatic rings. The molecule has 0 aliphatic carbocycles. The standard InChI is InChI=1S/C21H21F3N6O3S/c1-29-19(26-27-28-29)34-13-14-8-10-30(11-9-14)20(31)33-17-5-3-16(4-6-17)32-18-7-2-15(12-25-18)21(22,23)24/h2-7,12,14H,8-11,13H2,1H3. The number of halogens is 3. The van der Waals surface area contributed by atoms with Crippen LogP contribution in [0.4, 0.5) is 18.0 Å². The Balaban J connectivity index is 1.23. The van der Waals surface area contributed by atoms with Crippen molar-refractivity contribution < 1.29 is 27.4 Å². The van der Waals surface area contributed by atoms with Crippen molar-refractivity contribution in [3.63, 3.8) is 0 Å². The van der Waals surface area contributed by atoms with Crippen molar-refractivity contribution in [1.29, 1.82) is 0 Å². The second kappa shape index (κ2) is 10.3. The molecule has 1 saturated heterocycles. The lowest BCUT2D eigenvalue weighted by molar-refractivity contribution is -0.137. The van der Waals surface area contributed by atoms with E-state index in [0.717, 1.165) is 35.9 Å². The van der Waals surface area contributed by atoms with Crippen LogP contribution in [0.25, 0.3) is 0 Å². The Hall–Kier alpha value is -3.35. The second-order valence-corrected chi connectivity index (χ2v) is 8.64. The Kier molecular flexibility index (Phi) is 7.20. The van der Waals surface area contributed by atoms with E-state index in [0.29, 0.717) is 36.7 Å². The first-order chi connectivity index (χ1) is 16.3. The van der Waals surface area contributed by atoms with Gasteiger partial charge in [0, 0.05) is 38.2 Å². The summed E-state index contributed by atoms with van der Waals surface area (Å²) < 4.78 is 50.4. The van der Waals surface area contributed by atoms with Crippen LogP contribution in [0.3, 0.4) is 0 Å². The highest BCUT2D eigenvalue weighted by atomic mass is 32.2. The highest BCUT2D eigenvalue weighted by molar-refractivity contribution is 7.99. The lowest BCUT2D eigenvalue weighted by Crippen LogP contribution is -2.40. The highest BCUT2D eigenvalue weighted by Crippen LogP contribution is 2.30. The van der Waals surface area contributed by atoms with Crippen LogP contribution >= 0.6 is 11.8 Å². The number of benzene rings is 1. The lowest BCUT2D eigenvalue weighted by atomic mass is 9.99. The summed E-state index contributed by atoms with van der Waals surface area (Å²) in [5.41, 5.74) is -0.854. The van der Waals surface area contributed by atoms with Crippen LogP contribution in [-0.4, -0.2) is 55.0 Å². The van der Waals surface area contributed by atoms with Gasteiger partial charge in [-0.05, 0) is 59.5 Å². The monoisotopic (exact) mass is 494 g/mol. The number of pyridine rings is 1. The van der Waals surface area contributed by atoms with Crippen molar-refractivity contribution in [2.24, 2.45) is 13.0 Å². The third-order valence-corrected chi connectivity index (χ3v) is 6.46. The number of rotatable bonds is 6. The van der Waals surface area contributed by atoms with Crippen LogP contribution in [0.1, 0.15) is 18.4 Å². The molecule has 0 spiro atoms. The molecule has 1 aliphatic heterocycles. The zero-order chi connectivity index (χ0) is 24.1. The average molecular weight is 494 g/mol.